The number of carbonyl (C=O) groups is 1. The molecule has 1 amide bonds. The quantitative estimate of drug-likeness (QED) is 0.628. The summed E-state index contributed by atoms with van der Waals surface area (Å²) < 4.78 is 0. The summed E-state index contributed by atoms with van der Waals surface area (Å²) in [5.74, 6) is 0.0366. The fourth-order valence-corrected chi connectivity index (χ4v) is 2.81. The van der Waals surface area contributed by atoms with Crippen LogP contribution in [0.4, 0.5) is 0 Å². The topological polar surface area (TPSA) is 61.7 Å². The molecule has 5 heteroatoms. The first-order chi connectivity index (χ1) is 10.9. The largest absolute Gasteiger partial charge is 0.507 e. The minimum Gasteiger partial charge on any atom is -0.507 e. The van der Waals surface area contributed by atoms with Crippen molar-refractivity contribution < 1.29 is 9.90 Å². The maximum atomic E-state index is 12.4. The molecule has 0 saturated heterocycles. The van der Waals surface area contributed by atoms with E-state index in [1.165, 1.54) is 0 Å². The number of nitrogens with zero attached hydrogens (tertiary/aromatic N) is 1. The average molecular weight is 330 g/mol. The predicted molar refractivity (Wildman–Crippen MR) is 95.7 cm³/mol. The van der Waals surface area contributed by atoms with Gasteiger partial charge < -0.3 is 5.11 Å². The smallest absolute Gasteiger partial charge is 0.275 e. The van der Waals surface area contributed by atoms with E-state index in [0.29, 0.717) is 0 Å². The zero-order valence-electron chi connectivity index (χ0n) is 13.8. The SMILES string of the molecule is CC(C)c1cc(C(=O)N/N=C\c2ccsc2)c(O)c(C(C)C)c1. The summed E-state index contributed by atoms with van der Waals surface area (Å²) in [4.78, 5) is 12.4. The molecule has 1 aromatic carbocycles. The first-order valence-electron chi connectivity index (χ1n) is 7.62. The van der Waals surface area contributed by atoms with Crippen LogP contribution < -0.4 is 5.43 Å². The van der Waals surface area contributed by atoms with Crippen LogP contribution in [0.15, 0.2) is 34.1 Å². The van der Waals surface area contributed by atoms with Crippen LogP contribution in [-0.4, -0.2) is 17.2 Å². The average Bonchev–Trinajstić information content (AvgIpc) is 3.00. The maximum Gasteiger partial charge on any atom is 0.275 e. The number of benzene rings is 1. The third-order valence-corrected chi connectivity index (χ3v) is 4.32. The minimum atomic E-state index is -0.404. The van der Waals surface area contributed by atoms with Crippen molar-refractivity contribution in [2.45, 2.75) is 39.5 Å². The lowest BCUT2D eigenvalue weighted by molar-refractivity contribution is 0.0952. The maximum absolute atomic E-state index is 12.4. The van der Waals surface area contributed by atoms with Crippen LogP contribution in [0.5, 0.6) is 5.75 Å². The van der Waals surface area contributed by atoms with E-state index in [2.05, 4.69) is 24.4 Å². The van der Waals surface area contributed by atoms with Gasteiger partial charge in [-0.3, -0.25) is 4.79 Å². The molecular weight excluding hydrogens is 308 g/mol. The van der Waals surface area contributed by atoms with Crippen molar-refractivity contribution in [3.63, 3.8) is 0 Å². The third kappa shape index (κ3) is 4.20. The van der Waals surface area contributed by atoms with Crippen LogP contribution >= 0.6 is 11.3 Å². The van der Waals surface area contributed by atoms with Gasteiger partial charge in [0.2, 0.25) is 0 Å². The van der Waals surface area contributed by atoms with Gasteiger partial charge in [-0.25, -0.2) is 5.43 Å². The Morgan fingerprint density at radius 1 is 1.26 bits per heavy atom. The summed E-state index contributed by atoms with van der Waals surface area (Å²) in [5, 5.41) is 18.2. The van der Waals surface area contributed by atoms with Gasteiger partial charge in [-0.05, 0) is 45.9 Å². The molecule has 0 aliphatic carbocycles. The molecule has 0 aliphatic rings. The predicted octanol–water partition coefficient (Wildman–Crippen LogP) is 4.46. The fraction of sp³-hybridized carbons (Fsp3) is 0.333. The lowest BCUT2D eigenvalue weighted by Crippen LogP contribution is -2.18. The Balaban J connectivity index is 2.28. The molecule has 0 unspecified atom stereocenters. The van der Waals surface area contributed by atoms with Crippen LogP contribution in [0.25, 0.3) is 0 Å². The van der Waals surface area contributed by atoms with Gasteiger partial charge in [-0.1, -0.05) is 33.8 Å². The second-order valence-corrected chi connectivity index (χ2v) is 6.85. The molecule has 0 saturated carbocycles. The standard InChI is InChI=1S/C18H22N2O2S/c1-11(2)14-7-15(12(3)4)17(21)16(8-14)18(22)20-19-9-13-5-6-23-10-13/h5-12,21H,1-4H3,(H,20,22)/b19-9-. The molecule has 1 heterocycles. The zero-order valence-corrected chi connectivity index (χ0v) is 14.6. The number of hydrazone groups is 1. The van der Waals surface area contributed by atoms with Gasteiger partial charge in [0.05, 0.1) is 11.8 Å². The molecule has 23 heavy (non-hydrogen) atoms. The second kappa shape index (κ2) is 7.42. The summed E-state index contributed by atoms with van der Waals surface area (Å²) in [6.45, 7) is 8.12. The number of hydrogen-bond donors (Lipinski definition) is 2. The Bertz CT molecular complexity index is 704. The van der Waals surface area contributed by atoms with Crippen LogP contribution in [0.1, 0.15) is 66.6 Å². The first-order valence-corrected chi connectivity index (χ1v) is 8.56. The van der Waals surface area contributed by atoms with Crippen LogP contribution in [-0.2, 0) is 0 Å². The van der Waals surface area contributed by atoms with Crippen molar-refractivity contribution in [1.82, 2.24) is 5.43 Å². The van der Waals surface area contributed by atoms with Gasteiger partial charge >= 0.3 is 0 Å². The summed E-state index contributed by atoms with van der Waals surface area (Å²) in [6.07, 6.45) is 1.58. The Labute approximate surface area is 140 Å². The molecule has 0 spiro atoms. The Kier molecular flexibility index (Phi) is 5.55. The normalized spacial score (nSPS) is 11.6. The monoisotopic (exact) mass is 330 g/mol. The van der Waals surface area contributed by atoms with E-state index in [1.807, 2.05) is 36.7 Å². The lowest BCUT2D eigenvalue weighted by atomic mass is 9.92. The van der Waals surface area contributed by atoms with E-state index in [0.717, 1.165) is 16.7 Å². The number of nitrogens with one attached hydrogen (secondary N) is 1. The number of carbonyl (C=O) groups excluding carboxylic acids is 1. The van der Waals surface area contributed by atoms with E-state index in [-0.39, 0.29) is 23.1 Å². The van der Waals surface area contributed by atoms with Gasteiger partial charge in [0, 0.05) is 5.56 Å². The van der Waals surface area contributed by atoms with Gasteiger partial charge in [0.1, 0.15) is 5.75 Å². The molecule has 1 aromatic heterocycles. The molecular formula is C18H22N2O2S. The van der Waals surface area contributed by atoms with Crippen molar-refractivity contribution in [2.24, 2.45) is 5.10 Å². The summed E-state index contributed by atoms with van der Waals surface area (Å²) in [5.41, 5.74) is 5.49. The molecule has 0 atom stereocenters. The zero-order chi connectivity index (χ0) is 17.0. The molecule has 2 N–H and O–H groups in total. The van der Waals surface area contributed by atoms with Crippen molar-refractivity contribution in [2.75, 3.05) is 0 Å². The van der Waals surface area contributed by atoms with Crippen molar-refractivity contribution >= 4 is 23.5 Å². The highest BCUT2D eigenvalue weighted by Crippen LogP contribution is 2.33. The number of amides is 1. The molecule has 0 bridgehead atoms. The molecule has 0 fully saturated rings. The van der Waals surface area contributed by atoms with Gasteiger partial charge in [-0.15, -0.1) is 0 Å². The number of rotatable bonds is 5. The molecule has 0 aliphatic heterocycles. The van der Waals surface area contributed by atoms with E-state index < -0.39 is 5.91 Å². The number of phenols is 1. The van der Waals surface area contributed by atoms with Gasteiger partial charge in [0.25, 0.3) is 5.91 Å². The van der Waals surface area contributed by atoms with E-state index in [1.54, 1.807) is 23.6 Å². The highest BCUT2D eigenvalue weighted by atomic mass is 32.1. The number of thiophene rings is 1. The summed E-state index contributed by atoms with van der Waals surface area (Å²) in [6, 6.07) is 5.62. The van der Waals surface area contributed by atoms with Crippen molar-refractivity contribution in [3.8, 4) is 5.75 Å². The second-order valence-electron chi connectivity index (χ2n) is 6.07. The van der Waals surface area contributed by atoms with Crippen molar-refractivity contribution in [1.29, 1.82) is 0 Å². The Morgan fingerprint density at radius 2 is 2.00 bits per heavy atom. The highest BCUT2D eigenvalue weighted by molar-refractivity contribution is 7.08. The van der Waals surface area contributed by atoms with Crippen LogP contribution in [0.2, 0.25) is 0 Å². The van der Waals surface area contributed by atoms with Crippen molar-refractivity contribution in [3.05, 3.63) is 51.2 Å². The lowest BCUT2D eigenvalue weighted by Gasteiger charge is -2.16. The van der Waals surface area contributed by atoms with Crippen LogP contribution in [0, 0.1) is 0 Å². The molecule has 0 radical (unpaired) electrons. The summed E-state index contributed by atoms with van der Waals surface area (Å²) in [7, 11) is 0. The molecule has 2 aromatic rings. The van der Waals surface area contributed by atoms with E-state index >= 15 is 0 Å². The van der Waals surface area contributed by atoms with Gasteiger partial charge in [-0.2, -0.15) is 16.4 Å². The highest BCUT2D eigenvalue weighted by Gasteiger charge is 2.18. The number of hydrogen-bond acceptors (Lipinski definition) is 4. The molecule has 4 nitrogen and oxygen atoms in total. The van der Waals surface area contributed by atoms with E-state index in [4.69, 9.17) is 0 Å². The first kappa shape index (κ1) is 17.2. The Morgan fingerprint density at radius 3 is 2.57 bits per heavy atom. The third-order valence-electron chi connectivity index (χ3n) is 3.62. The Hall–Kier alpha value is -2.14. The number of aromatic hydroxyl groups is 1. The number of phenolic OH excluding ortho intramolecular Hbond substituents is 1. The van der Waals surface area contributed by atoms with Gasteiger partial charge in [0.15, 0.2) is 0 Å². The molecule has 2 rings (SSSR count). The minimum absolute atomic E-state index is 0.0348. The van der Waals surface area contributed by atoms with E-state index in [9.17, 15) is 9.90 Å². The molecule has 122 valence electrons. The summed E-state index contributed by atoms with van der Waals surface area (Å²) >= 11 is 1.56. The van der Waals surface area contributed by atoms with Crippen LogP contribution in [0.3, 0.4) is 0 Å². The fourth-order valence-electron chi connectivity index (χ4n) is 2.20.